The van der Waals surface area contributed by atoms with Crippen LogP contribution in [0.25, 0.3) is 26.1 Å². The smallest absolute Gasteiger partial charge is 0.258 e. The van der Waals surface area contributed by atoms with Crippen LogP contribution in [0.1, 0.15) is 16.1 Å². The van der Waals surface area contributed by atoms with Crippen molar-refractivity contribution in [2.75, 3.05) is 31.5 Å². The molecule has 0 saturated heterocycles. The Kier molecular flexibility index (Phi) is 6.11. The summed E-state index contributed by atoms with van der Waals surface area (Å²) in [5, 5.41) is 5.92. The van der Waals surface area contributed by atoms with E-state index in [0.29, 0.717) is 22.7 Å². The number of pyridine rings is 3. The quantitative estimate of drug-likeness (QED) is 0.321. The molecule has 0 unspecified atom stereocenters. The molecule has 1 aromatic carbocycles. The molecule has 4 aromatic heterocycles. The largest absolute Gasteiger partial charge is 0.366 e. The fourth-order valence-electron chi connectivity index (χ4n) is 4.53. The van der Waals surface area contributed by atoms with Crippen LogP contribution >= 0.6 is 11.3 Å². The van der Waals surface area contributed by atoms with Gasteiger partial charge in [-0.2, -0.15) is 0 Å². The van der Waals surface area contributed by atoms with Gasteiger partial charge in [0.05, 0.1) is 27.8 Å². The molecule has 0 spiro atoms. The Morgan fingerprint density at radius 3 is 2.73 bits per heavy atom. The Bertz CT molecular complexity index is 1720. The molecule has 1 aliphatic heterocycles. The Morgan fingerprint density at radius 2 is 1.92 bits per heavy atom. The number of aromatic nitrogens is 3. The highest BCUT2D eigenvalue weighted by Gasteiger charge is 2.24. The fraction of sp³-hybridized carbons (Fsp3) is 0.185. The molecule has 6 rings (SSSR count). The number of thiazole rings is 1. The van der Waals surface area contributed by atoms with E-state index in [1.807, 2.05) is 30.3 Å². The zero-order valence-corrected chi connectivity index (χ0v) is 20.6. The number of amides is 1. The standard InChI is InChI=1S/C27H23FN6O2S/c28-19-15-18-23(35)22(26(36)31-16-17-7-3-4-10-29-17)27-34(20-8-1-2-9-21(20)37-27)25(18)32-24(19)30-11-14-33-12-5-6-13-33/h1-10,15H,11-14,16H2,(H,30,32)(H,31,36). The van der Waals surface area contributed by atoms with Gasteiger partial charge in [0.25, 0.3) is 5.91 Å². The second kappa shape index (κ2) is 9.72. The van der Waals surface area contributed by atoms with Gasteiger partial charge in [-0.15, -0.1) is 11.3 Å². The summed E-state index contributed by atoms with van der Waals surface area (Å²) in [5.41, 5.74) is 1.18. The number of carbonyl (C=O) groups excluding carboxylic acids is 1. The van der Waals surface area contributed by atoms with Crippen LogP contribution in [0.5, 0.6) is 0 Å². The minimum absolute atomic E-state index is 0.0342. The second-order valence-electron chi connectivity index (χ2n) is 8.77. The van der Waals surface area contributed by atoms with Gasteiger partial charge in [-0.3, -0.25) is 23.9 Å². The molecule has 8 nitrogen and oxygen atoms in total. The average molecular weight is 515 g/mol. The predicted octanol–water partition coefficient (Wildman–Crippen LogP) is 3.81. The summed E-state index contributed by atoms with van der Waals surface area (Å²) in [6.07, 6.45) is 5.84. The molecule has 0 bridgehead atoms. The summed E-state index contributed by atoms with van der Waals surface area (Å²) in [5.74, 6) is -1.09. The predicted molar refractivity (Wildman–Crippen MR) is 144 cm³/mol. The molecule has 10 heteroatoms. The first kappa shape index (κ1) is 23.3. The first-order valence-corrected chi connectivity index (χ1v) is 12.8. The van der Waals surface area contributed by atoms with Gasteiger partial charge in [0.15, 0.2) is 17.3 Å². The van der Waals surface area contributed by atoms with E-state index >= 15 is 4.39 Å². The molecule has 186 valence electrons. The van der Waals surface area contributed by atoms with Crippen LogP contribution in [0.2, 0.25) is 0 Å². The Morgan fingerprint density at radius 1 is 1.11 bits per heavy atom. The van der Waals surface area contributed by atoms with E-state index < -0.39 is 17.2 Å². The third-order valence-corrected chi connectivity index (χ3v) is 7.51. The highest BCUT2D eigenvalue weighted by Crippen LogP contribution is 2.31. The number of rotatable bonds is 7. The molecule has 0 radical (unpaired) electrons. The molecule has 1 aliphatic rings. The van der Waals surface area contributed by atoms with Crippen LogP contribution in [0.3, 0.4) is 0 Å². The van der Waals surface area contributed by atoms with E-state index in [9.17, 15) is 9.59 Å². The molecule has 2 N–H and O–H groups in total. The summed E-state index contributed by atoms with van der Waals surface area (Å²) in [6, 6.07) is 14.2. The van der Waals surface area contributed by atoms with E-state index in [1.165, 1.54) is 17.4 Å². The number of nitrogens with one attached hydrogen (secondary N) is 2. The van der Waals surface area contributed by atoms with Crippen molar-refractivity contribution in [2.45, 2.75) is 6.54 Å². The molecule has 0 atom stereocenters. The monoisotopic (exact) mass is 514 g/mol. The Hall–Kier alpha value is -4.15. The summed E-state index contributed by atoms with van der Waals surface area (Å²) in [6.45, 7) is 3.15. The Labute approximate surface area is 215 Å². The first-order chi connectivity index (χ1) is 18.1. The van der Waals surface area contributed by atoms with Crippen molar-refractivity contribution in [3.05, 3.63) is 94.2 Å². The summed E-state index contributed by atoms with van der Waals surface area (Å²) in [4.78, 5) is 38.4. The lowest BCUT2D eigenvalue weighted by Gasteiger charge is -2.16. The SMILES string of the molecule is O=C(NCc1ccccn1)c1c(=O)c2cc(F)c(NCCN3CC=CC3)nc2n2c1sc1ccccc12. The van der Waals surface area contributed by atoms with Crippen molar-refractivity contribution in [3.63, 3.8) is 0 Å². The first-order valence-electron chi connectivity index (χ1n) is 12.0. The number of halogens is 1. The van der Waals surface area contributed by atoms with Gasteiger partial charge >= 0.3 is 0 Å². The van der Waals surface area contributed by atoms with Crippen molar-refractivity contribution in [1.29, 1.82) is 0 Å². The van der Waals surface area contributed by atoms with Crippen LogP contribution in [-0.2, 0) is 6.54 Å². The van der Waals surface area contributed by atoms with Gasteiger partial charge < -0.3 is 10.6 Å². The third kappa shape index (κ3) is 4.34. The van der Waals surface area contributed by atoms with E-state index in [0.717, 1.165) is 29.9 Å². The normalized spacial score (nSPS) is 13.6. The van der Waals surface area contributed by atoms with Crippen molar-refractivity contribution < 1.29 is 9.18 Å². The fourth-order valence-corrected chi connectivity index (χ4v) is 5.71. The van der Waals surface area contributed by atoms with Crippen molar-refractivity contribution in [1.82, 2.24) is 24.6 Å². The summed E-state index contributed by atoms with van der Waals surface area (Å²) >= 11 is 1.33. The molecular formula is C27H23FN6O2S. The molecule has 37 heavy (non-hydrogen) atoms. The second-order valence-corrected chi connectivity index (χ2v) is 9.80. The number of nitrogens with zero attached hydrogens (tertiary/aromatic N) is 4. The van der Waals surface area contributed by atoms with E-state index in [-0.39, 0.29) is 23.3 Å². The van der Waals surface area contributed by atoms with Gasteiger partial charge in [-0.25, -0.2) is 9.37 Å². The van der Waals surface area contributed by atoms with Gasteiger partial charge in [0.2, 0.25) is 5.43 Å². The molecule has 5 aromatic rings. The molecule has 5 heterocycles. The van der Waals surface area contributed by atoms with E-state index in [1.54, 1.807) is 22.7 Å². The minimum Gasteiger partial charge on any atom is -0.366 e. The molecule has 0 aliphatic carbocycles. The highest BCUT2D eigenvalue weighted by molar-refractivity contribution is 7.24. The van der Waals surface area contributed by atoms with Gasteiger partial charge in [0, 0.05) is 32.4 Å². The van der Waals surface area contributed by atoms with Crippen LogP contribution < -0.4 is 16.1 Å². The number of hydrogen-bond donors (Lipinski definition) is 2. The van der Waals surface area contributed by atoms with Gasteiger partial charge in [-0.1, -0.05) is 30.4 Å². The van der Waals surface area contributed by atoms with Crippen LogP contribution in [0.4, 0.5) is 10.2 Å². The number of para-hydroxylation sites is 1. The number of carbonyl (C=O) groups is 1. The maximum Gasteiger partial charge on any atom is 0.258 e. The van der Waals surface area contributed by atoms with Crippen LogP contribution in [0, 0.1) is 5.82 Å². The highest BCUT2D eigenvalue weighted by atomic mass is 32.1. The van der Waals surface area contributed by atoms with Gasteiger partial charge in [-0.05, 0) is 30.3 Å². The molecule has 1 amide bonds. The van der Waals surface area contributed by atoms with Crippen LogP contribution in [0.15, 0.2) is 71.7 Å². The number of hydrogen-bond acceptors (Lipinski definition) is 7. The van der Waals surface area contributed by atoms with Crippen molar-refractivity contribution >= 4 is 49.1 Å². The Balaban J connectivity index is 1.44. The average Bonchev–Trinajstić information content (AvgIpc) is 3.57. The zero-order valence-electron chi connectivity index (χ0n) is 19.8. The lowest BCUT2D eigenvalue weighted by molar-refractivity contribution is 0.0951. The molecule has 0 fully saturated rings. The maximum absolute atomic E-state index is 15.1. The number of benzene rings is 1. The maximum atomic E-state index is 15.1. The lowest BCUT2D eigenvalue weighted by atomic mass is 10.1. The lowest BCUT2D eigenvalue weighted by Crippen LogP contribution is -2.30. The van der Waals surface area contributed by atoms with E-state index in [2.05, 4.69) is 37.7 Å². The summed E-state index contributed by atoms with van der Waals surface area (Å²) in [7, 11) is 0. The van der Waals surface area contributed by atoms with Gasteiger partial charge in [0.1, 0.15) is 10.4 Å². The minimum atomic E-state index is -0.636. The van der Waals surface area contributed by atoms with Crippen molar-refractivity contribution in [2.24, 2.45) is 0 Å². The zero-order chi connectivity index (χ0) is 25.4. The van der Waals surface area contributed by atoms with Crippen molar-refractivity contribution in [3.8, 4) is 0 Å². The van der Waals surface area contributed by atoms with Crippen LogP contribution in [-0.4, -0.2) is 51.4 Å². The summed E-state index contributed by atoms with van der Waals surface area (Å²) < 4.78 is 17.8. The molecule has 0 saturated carbocycles. The number of fused-ring (bicyclic) bond motifs is 5. The number of anilines is 1. The van der Waals surface area contributed by atoms with E-state index in [4.69, 9.17) is 0 Å². The third-order valence-electron chi connectivity index (χ3n) is 6.37. The topological polar surface area (TPSA) is 91.6 Å². The molecular weight excluding hydrogens is 491 g/mol.